The van der Waals surface area contributed by atoms with Crippen molar-refractivity contribution in [1.29, 1.82) is 0 Å². The molecule has 0 heterocycles. The molecular weight excluding hydrogens is 266 g/mol. The molecular formula is C17H17NO3. The summed E-state index contributed by atoms with van der Waals surface area (Å²) in [5, 5.41) is 9.38. The quantitative estimate of drug-likeness (QED) is 0.678. The maximum Gasteiger partial charge on any atom is 0.327 e. The molecule has 1 N–H and O–H groups in total. The second kappa shape index (κ2) is 7.24. The normalized spacial score (nSPS) is 11.2. The smallest absolute Gasteiger partial charge is 0.327 e. The number of carbonyl (C=O) groups is 1. The third-order valence-electron chi connectivity index (χ3n) is 2.86. The van der Waals surface area contributed by atoms with Crippen LogP contribution in [-0.2, 0) is 9.53 Å². The van der Waals surface area contributed by atoms with Gasteiger partial charge in [0.25, 0.3) is 0 Å². The molecule has 0 atom stereocenters. The van der Waals surface area contributed by atoms with E-state index in [1.165, 1.54) is 0 Å². The summed E-state index contributed by atoms with van der Waals surface area (Å²) in [5.41, 5.74) is 2.44. The van der Waals surface area contributed by atoms with Crippen molar-refractivity contribution < 1.29 is 14.6 Å². The molecule has 0 saturated heterocycles. The summed E-state index contributed by atoms with van der Waals surface area (Å²) in [5.74, 6) is -0.165. The van der Waals surface area contributed by atoms with Gasteiger partial charge in [-0.3, -0.25) is 9.79 Å². The van der Waals surface area contributed by atoms with Gasteiger partial charge in [0, 0.05) is 11.1 Å². The molecule has 0 aliphatic rings. The molecule has 0 aliphatic carbocycles. The van der Waals surface area contributed by atoms with Gasteiger partial charge in [0.05, 0.1) is 12.3 Å². The SMILES string of the molecule is CCOC(=O)CN=C(c1ccccc1)c1ccc(O)cc1. The van der Waals surface area contributed by atoms with Crippen LogP contribution in [0.1, 0.15) is 18.1 Å². The Morgan fingerprint density at radius 1 is 1.05 bits per heavy atom. The molecule has 2 rings (SSSR count). The number of hydrogen-bond donors (Lipinski definition) is 1. The Bertz CT molecular complexity index is 618. The fraction of sp³-hybridized carbons (Fsp3) is 0.176. The predicted octanol–water partition coefficient (Wildman–Crippen LogP) is 2.79. The van der Waals surface area contributed by atoms with E-state index in [9.17, 15) is 9.90 Å². The zero-order valence-corrected chi connectivity index (χ0v) is 11.8. The molecule has 108 valence electrons. The number of carbonyl (C=O) groups excluding carboxylic acids is 1. The van der Waals surface area contributed by atoms with Crippen LogP contribution in [0.2, 0.25) is 0 Å². The van der Waals surface area contributed by atoms with Gasteiger partial charge in [0.2, 0.25) is 0 Å². The van der Waals surface area contributed by atoms with E-state index >= 15 is 0 Å². The van der Waals surface area contributed by atoms with Gasteiger partial charge in [-0.2, -0.15) is 0 Å². The highest BCUT2D eigenvalue weighted by Crippen LogP contribution is 2.15. The van der Waals surface area contributed by atoms with E-state index in [0.717, 1.165) is 11.1 Å². The Kier molecular flexibility index (Phi) is 5.10. The third-order valence-corrected chi connectivity index (χ3v) is 2.86. The Morgan fingerprint density at radius 2 is 1.67 bits per heavy atom. The Hall–Kier alpha value is -2.62. The minimum absolute atomic E-state index is 0.0288. The lowest BCUT2D eigenvalue weighted by Crippen LogP contribution is -2.11. The van der Waals surface area contributed by atoms with Gasteiger partial charge in [-0.15, -0.1) is 0 Å². The summed E-state index contributed by atoms with van der Waals surface area (Å²) in [6, 6.07) is 16.3. The van der Waals surface area contributed by atoms with Crippen molar-refractivity contribution in [2.24, 2.45) is 4.99 Å². The van der Waals surface area contributed by atoms with Crippen LogP contribution in [-0.4, -0.2) is 29.9 Å². The maximum atomic E-state index is 11.5. The van der Waals surface area contributed by atoms with Gasteiger partial charge in [0.15, 0.2) is 0 Å². The van der Waals surface area contributed by atoms with Crippen LogP contribution in [0.3, 0.4) is 0 Å². The van der Waals surface area contributed by atoms with E-state index < -0.39 is 0 Å². The lowest BCUT2D eigenvalue weighted by Gasteiger charge is -2.08. The van der Waals surface area contributed by atoms with Crippen molar-refractivity contribution in [2.75, 3.05) is 13.2 Å². The first-order valence-electron chi connectivity index (χ1n) is 6.75. The molecule has 0 bridgehead atoms. The van der Waals surface area contributed by atoms with E-state index in [0.29, 0.717) is 12.3 Å². The Morgan fingerprint density at radius 3 is 2.29 bits per heavy atom. The van der Waals surface area contributed by atoms with E-state index in [2.05, 4.69) is 4.99 Å². The number of phenols is 1. The lowest BCUT2D eigenvalue weighted by molar-refractivity contribution is -0.141. The molecule has 0 amide bonds. The summed E-state index contributed by atoms with van der Waals surface area (Å²) < 4.78 is 4.90. The van der Waals surface area contributed by atoms with E-state index in [1.807, 2.05) is 30.3 Å². The highest BCUT2D eigenvalue weighted by molar-refractivity contribution is 6.13. The molecule has 0 unspecified atom stereocenters. The van der Waals surface area contributed by atoms with Gasteiger partial charge in [-0.1, -0.05) is 30.3 Å². The molecule has 0 fully saturated rings. The number of rotatable bonds is 5. The zero-order valence-electron chi connectivity index (χ0n) is 11.8. The Labute approximate surface area is 123 Å². The molecule has 0 aromatic heterocycles. The standard InChI is InChI=1S/C17H17NO3/c1-2-21-16(20)12-18-17(13-6-4-3-5-7-13)14-8-10-15(19)11-9-14/h3-11,19H,2,12H2,1H3. The van der Waals surface area contributed by atoms with E-state index in [4.69, 9.17) is 4.74 Å². The van der Waals surface area contributed by atoms with Crippen LogP contribution in [0, 0.1) is 0 Å². The number of ether oxygens (including phenoxy) is 1. The minimum Gasteiger partial charge on any atom is -0.508 e. The van der Waals surface area contributed by atoms with Crippen LogP contribution in [0.4, 0.5) is 0 Å². The topological polar surface area (TPSA) is 58.9 Å². The average molecular weight is 283 g/mol. The summed E-state index contributed by atoms with van der Waals surface area (Å²) in [7, 11) is 0. The molecule has 4 nitrogen and oxygen atoms in total. The molecule has 2 aromatic carbocycles. The highest BCUT2D eigenvalue weighted by atomic mass is 16.5. The zero-order chi connectivity index (χ0) is 15.1. The number of nitrogens with zero attached hydrogens (tertiary/aromatic N) is 1. The lowest BCUT2D eigenvalue weighted by atomic mass is 10.0. The molecule has 0 radical (unpaired) electrons. The Balaban J connectivity index is 2.33. The highest BCUT2D eigenvalue weighted by Gasteiger charge is 2.08. The van der Waals surface area contributed by atoms with Crippen LogP contribution < -0.4 is 0 Å². The van der Waals surface area contributed by atoms with Gasteiger partial charge < -0.3 is 9.84 Å². The van der Waals surface area contributed by atoms with Gasteiger partial charge in [-0.25, -0.2) is 0 Å². The van der Waals surface area contributed by atoms with Gasteiger partial charge >= 0.3 is 5.97 Å². The number of phenolic OH excluding ortho intramolecular Hbond substituents is 1. The number of benzene rings is 2. The number of aliphatic imine (C=N–C) groups is 1. The van der Waals surface area contributed by atoms with Crippen LogP contribution >= 0.6 is 0 Å². The van der Waals surface area contributed by atoms with Crippen molar-refractivity contribution in [3.63, 3.8) is 0 Å². The summed E-state index contributed by atoms with van der Waals surface area (Å²) in [6.45, 7) is 2.08. The van der Waals surface area contributed by atoms with Gasteiger partial charge in [0.1, 0.15) is 12.3 Å². The second-order valence-electron chi connectivity index (χ2n) is 4.38. The summed E-state index contributed by atoms with van der Waals surface area (Å²) >= 11 is 0. The van der Waals surface area contributed by atoms with Gasteiger partial charge in [-0.05, 0) is 31.2 Å². The fourth-order valence-electron chi connectivity index (χ4n) is 1.91. The molecule has 0 aliphatic heterocycles. The van der Waals surface area contributed by atoms with Crippen LogP contribution in [0.5, 0.6) is 5.75 Å². The molecule has 2 aromatic rings. The van der Waals surface area contributed by atoms with Crippen molar-refractivity contribution in [1.82, 2.24) is 0 Å². The fourth-order valence-corrected chi connectivity index (χ4v) is 1.91. The van der Waals surface area contributed by atoms with Crippen molar-refractivity contribution >= 4 is 11.7 Å². The molecule has 21 heavy (non-hydrogen) atoms. The van der Waals surface area contributed by atoms with Crippen molar-refractivity contribution in [3.8, 4) is 5.75 Å². The minimum atomic E-state index is -0.357. The summed E-state index contributed by atoms with van der Waals surface area (Å²) in [6.07, 6.45) is 0. The number of hydrogen-bond acceptors (Lipinski definition) is 4. The predicted molar refractivity (Wildman–Crippen MR) is 81.7 cm³/mol. The van der Waals surface area contributed by atoms with Crippen LogP contribution in [0.25, 0.3) is 0 Å². The number of aromatic hydroxyl groups is 1. The number of esters is 1. The largest absolute Gasteiger partial charge is 0.508 e. The molecule has 0 saturated carbocycles. The van der Waals surface area contributed by atoms with Crippen molar-refractivity contribution in [2.45, 2.75) is 6.92 Å². The van der Waals surface area contributed by atoms with E-state index in [-0.39, 0.29) is 18.3 Å². The van der Waals surface area contributed by atoms with Crippen molar-refractivity contribution in [3.05, 3.63) is 65.7 Å². The third kappa shape index (κ3) is 4.18. The summed E-state index contributed by atoms with van der Waals surface area (Å²) in [4.78, 5) is 15.9. The maximum absolute atomic E-state index is 11.5. The average Bonchev–Trinajstić information content (AvgIpc) is 2.50. The monoisotopic (exact) mass is 283 g/mol. The first-order valence-corrected chi connectivity index (χ1v) is 6.75. The molecule has 0 spiro atoms. The molecule has 4 heteroatoms. The second-order valence-corrected chi connectivity index (χ2v) is 4.38. The first kappa shape index (κ1) is 14.8. The van der Waals surface area contributed by atoms with E-state index in [1.54, 1.807) is 31.2 Å². The van der Waals surface area contributed by atoms with Crippen LogP contribution in [0.15, 0.2) is 59.6 Å². The first-order chi connectivity index (χ1) is 10.2.